The van der Waals surface area contributed by atoms with E-state index in [1.165, 1.54) is 12.1 Å². The van der Waals surface area contributed by atoms with Gasteiger partial charge >= 0.3 is 12.1 Å². The van der Waals surface area contributed by atoms with Crippen LogP contribution in [0.15, 0.2) is 30.1 Å². The van der Waals surface area contributed by atoms with Gasteiger partial charge in [-0.15, -0.1) is 0 Å². The second-order valence-electron chi connectivity index (χ2n) is 6.18. The summed E-state index contributed by atoms with van der Waals surface area (Å²) in [4.78, 5) is 33.2. The number of Topliss-reactive ketones (excluding diaryl/α,β-unsaturated/α-hetero) is 1. The van der Waals surface area contributed by atoms with Crippen LogP contribution in [-0.2, 0) is 4.79 Å². The maximum Gasteiger partial charge on any atom is 0.490 e. The van der Waals surface area contributed by atoms with E-state index in [4.69, 9.17) is 20.4 Å². The van der Waals surface area contributed by atoms with Gasteiger partial charge in [0.25, 0.3) is 5.91 Å². The van der Waals surface area contributed by atoms with Gasteiger partial charge in [-0.05, 0) is 32.0 Å². The monoisotopic (exact) mass is 406 g/mol. The lowest BCUT2D eigenvalue weighted by Gasteiger charge is -2.30. The molecule has 1 aromatic carbocycles. The van der Waals surface area contributed by atoms with Gasteiger partial charge in [-0.1, -0.05) is 0 Å². The molecule has 1 aliphatic rings. The number of alkyl halides is 3. The number of halogens is 4. The fraction of sp³-hybridized carbons (Fsp3) is 0.353. The van der Waals surface area contributed by atoms with Crippen molar-refractivity contribution in [2.24, 2.45) is 5.73 Å². The predicted molar refractivity (Wildman–Crippen MR) is 89.7 cm³/mol. The highest BCUT2D eigenvalue weighted by Crippen LogP contribution is 2.27. The summed E-state index contributed by atoms with van der Waals surface area (Å²) in [7, 11) is 0. The van der Waals surface area contributed by atoms with Crippen molar-refractivity contribution in [2.45, 2.75) is 25.6 Å². The fourth-order valence-corrected chi connectivity index (χ4v) is 2.05. The average Bonchev–Trinajstić information content (AvgIpc) is 2.60. The Morgan fingerprint density at radius 3 is 2.32 bits per heavy atom. The topological polar surface area (TPSA) is 119 Å². The van der Waals surface area contributed by atoms with Crippen LogP contribution in [0.25, 0.3) is 0 Å². The highest BCUT2D eigenvalue weighted by atomic mass is 19.4. The maximum absolute atomic E-state index is 12.4. The number of carbonyl (C=O) groups is 3. The number of aliphatic carboxylic acids is 1. The van der Waals surface area contributed by atoms with Gasteiger partial charge < -0.3 is 20.9 Å². The van der Waals surface area contributed by atoms with Crippen LogP contribution < -0.4 is 15.8 Å². The highest BCUT2D eigenvalue weighted by molar-refractivity contribution is 6.17. The number of ketones is 1. The Balaban J connectivity index is 0.000000480. The smallest absolute Gasteiger partial charge is 0.489 e. The van der Waals surface area contributed by atoms with Gasteiger partial charge in [0.05, 0.1) is 17.4 Å². The van der Waals surface area contributed by atoms with E-state index in [0.29, 0.717) is 28.8 Å². The number of amides is 1. The van der Waals surface area contributed by atoms with Crippen LogP contribution in [0.2, 0.25) is 0 Å². The zero-order valence-electron chi connectivity index (χ0n) is 14.9. The molecule has 1 aliphatic heterocycles. The van der Waals surface area contributed by atoms with E-state index < -0.39 is 17.7 Å². The summed E-state index contributed by atoms with van der Waals surface area (Å²) in [5.74, 6) is -2.86. The van der Waals surface area contributed by atoms with Crippen molar-refractivity contribution in [3.05, 3.63) is 41.2 Å². The highest BCUT2D eigenvalue weighted by Gasteiger charge is 2.39. The summed E-state index contributed by atoms with van der Waals surface area (Å²) < 4.78 is 49.6. The van der Waals surface area contributed by atoms with E-state index in [1.54, 1.807) is 19.9 Å². The van der Waals surface area contributed by atoms with Crippen LogP contribution >= 0.6 is 0 Å². The first-order valence-corrected chi connectivity index (χ1v) is 7.76. The van der Waals surface area contributed by atoms with Gasteiger partial charge in [-0.2, -0.15) is 13.2 Å². The van der Waals surface area contributed by atoms with Gasteiger partial charge in [-0.25, -0.2) is 9.18 Å². The van der Waals surface area contributed by atoms with Crippen molar-refractivity contribution in [3.63, 3.8) is 0 Å². The number of ether oxygens (including phenoxy) is 1. The minimum atomic E-state index is -5.08. The number of carboxylic acid groups (broad SMARTS) is 1. The van der Waals surface area contributed by atoms with Crippen LogP contribution in [0.3, 0.4) is 0 Å². The summed E-state index contributed by atoms with van der Waals surface area (Å²) >= 11 is 0. The van der Waals surface area contributed by atoms with Gasteiger partial charge in [-0.3, -0.25) is 9.59 Å². The molecule has 1 aromatic rings. The molecule has 0 fully saturated rings. The fourth-order valence-electron chi connectivity index (χ4n) is 2.05. The molecule has 1 heterocycles. The van der Waals surface area contributed by atoms with Gasteiger partial charge in [0, 0.05) is 17.7 Å². The van der Waals surface area contributed by atoms with E-state index in [1.807, 2.05) is 0 Å². The Labute approximate surface area is 157 Å². The maximum atomic E-state index is 12.4. The first kappa shape index (κ1) is 23.1. The lowest BCUT2D eigenvalue weighted by Crippen LogP contribution is -2.53. The average molecular weight is 406 g/mol. The lowest BCUT2D eigenvalue weighted by molar-refractivity contribution is -0.192. The number of nitrogens with two attached hydrogens (primary N) is 1. The van der Waals surface area contributed by atoms with Crippen LogP contribution in [0, 0.1) is 0 Å². The largest absolute Gasteiger partial charge is 0.490 e. The Kier molecular flexibility index (Phi) is 7.28. The van der Waals surface area contributed by atoms with E-state index >= 15 is 0 Å². The Morgan fingerprint density at radius 1 is 1.29 bits per heavy atom. The molecule has 0 aliphatic carbocycles. The van der Waals surface area contributed by atoms with Crippen molar-refractivity contribution in [1.29, 1.82) is 0 Å². The molecule has 0 aromatic heterocycles. The standard InChI is InChI=1S/C15H17FN2O3.C2HF3O2/c1-15(2)13(19)12-5-10(21-8-9(6-16)7-17)3-4-11(12)14(20)18-15;3-2(4,5)1(6)7/h3-6H,7-8,17H2,1-2H3,(H,18,20);(H,6,7)/b9-6+;. The lowest BCUT2D eigenvalue weighted by atomic mass is 9.86. The number of nitrogens with one attached hydrogen (secondary N) is 1. The van der Waals surface area contributed by atoms with Crippen LogP contribution in [0.5, 0.6) is 5.75 Å². The molecule has 28 heavy (non-hydrogen) atoms. The number of fused-ring (bicyclic) bond motifs is 1. The minimum Gasteiger partial charge on any atom is -0.489 e. The molecule has 0 spiro atoms. The van der Waals surface area contributed by atoms with Crippen LogP contribution in [-0.4, -0.2) is 47.6 Å². The summed E-state index contributed by atoms with van der Waals surface area (Å²) in [5.41, 5.74) is 5.30. The summed E-state index contributed by atoms with van der Waals surface area (Å²) in [6.07, 6.45) is -4.68. The first-order chi connectivity index (χ1) is 12.8. The minimum absolute atomic E-state index is 0.00440. The molecule has 154 valence electrons. The molecule has 7 nitrogen and oxygen atoms in total. The Hall–Kier alpha value is -2.95. The van der Waals surface area contributed by atoms with Crippen LogP contribution in [0.1, 0.15) is 34.6 Å². The van der Waals surface area contributed by atoms with Crippen LogP contribution in [0.4, 0.5) is 17.6 Å². The van der Waals surface area contributed by atoms with Gasteiger partial charge in [0.1, 0.15) is 12.4 Å². The molecule has 0 saturated heterocycles. The van der Waals surface area contributed by atoms with E-state index in [2.05, 4.69) is 5.32 Å². The molecule has 2 rings (SSSR count). The third-order valence-electron chi connectivity index (χ3n) is 3.56. The zero-order chi connectivity index (χ0) is 21.7. The number of benzene rings is 1. The number of hydrogen-bond acceptors (Lipinski definition) is 5. The quantitative estimate of drug-likeness (QED) is 0.660. The summed E-state index contributed by atoms with van der Waals surface area (Å²) in [6, 6.07) is 4.59. The number of hydrogen-bond donors (Lipinski definition) is 3. The third kappa shape index (κ3) is 5.78. The molecule has 0 saturated carbocycles. The van der Waals surface area contributed by atoms with Crippen molar-refractivity contribution in [1.82, 2.24) is 5.32 Å². The summed E-state index contributed by atoms with van der Waals surface area (Å²) in [5, 5.41) is 9.77. The SMILES string of the molecule is CC1(C)NC(=O)c2ccc(OC/C(=C/F)CN)cc2C1=O.O=C(O)C(F)(F)F. The van der Waals surface area contributed by atoms with Crippen molar-refractivity contribution >= 4 is 17.7 Å². The molecule has 0 bridgehead atoms. The normalized spacial score (nSPS) is 15.8. The molecule has 0 radical (unpaired) electrons. The molecular formula is C17H18F4N2O5. The van der Waals surface area contributed by atoms with E-state index in [9.17, 15) is 27.2 Å². The van der Waals surface area contributed by atoms with Gasteiger partial charge in [0.2, 0.25) is 0 Å². The van der Waals surface area contributed by atoms with Crippen molar-refractivity contribution in [2.75, 3.05) is 13.2 Å². The second kappa shape index (κ2) is 8.83. The van der Waals surface area contributed by atoms with Crippen molar-refractivity contribution in [3.8, 4) is 5.75 Å². The zero-order valence-corrected chi connectivity index (χ0v) is 14.9. The van der Waals surface area contributed by atoms with E-state index in [0.717, 1.165) is 0 Å². The molecular weight excluding hydrogens is 388 g/mol. The Morgan fingerprint density at radius 2 is 1.86 bits per heavy atom. The molecule has 11 heteroatoms. The number of rotatable bonds is 4. The molecule has 4 N–H and O–H groups in total. The number of carboxylic acids is 1. The number of carbonyl (C=O) groups excluding carboxylic acids is 2. The second-order valence-corrected chi connectivity index (χ2v) is 6.18. The molecule has 0 unspecified atom stereocenters. The summed E-state index contributed by atoms with van der Waals surface area (Å²) in [6.45, 7) is 3.33. The van der Waals surface area contributed by atoms with E-state index in [-0.39, 0.29) is 24.8 Å². The predicted octanol–water partition coefficient (Wildman–Crippen LogP) is 2.22. The molecule has 0 atom stereocenters. The van der Waals surface area contributed by atoms with Gasteiger partial charge in [0.15, 0.2) is 5.78 Å². The Bertz CT molecular complexity index is 803. The van der Waals surface area contributed by atoms with Crippen molar-refractivity contribution < 1.29 is 41.8 Å². The first-order valence-electron chi connectivity index (χ1n) is 7.76. The molecule has 1 amide bonds. The third-order valence-corrected chi connectivity index (χ3v) is 3.56.